The van der Waals surface area contributed by atoms with Crippen LogP contribution in [0.1, 0.15) is 116 Å². The number of ether oxygens (including phenoxy) is 3. The third kappa shape index (κ3) is 7.77. The molecule has 0 amide bonds. The minimum Gasteiger partial charge on any atom is -0.462 e. The number of hydrogen-bond acceptors (Lipinski definition) is 4. The van der Waals surface area contributed by atoms with Crippen molar-refractivity contribution in [2.75, 3.05) is 6.79 Å². The van der Waals surface area contributed by atoms with E-state index in [4.69, 9.17) is 14.2 Å². The van der Waals surface area contributed by atoms with Crippen LogP contribution in [0.2, 0.25) is 0 Å². The number of esters is 1. The van der Waals surface area contributed by atoms with Gasteiger partial charge in [0.15, 0.2) is 0 Å². The Morgan fingerprint density at radius 1 is 0.562 bits per heavy atom. The smallest absolute Gasteiger partial charge is 0.309 e. The van der Waals surface area contributed by atoms with Crippen LogP contribution in [0.3, 0.4) is 0 Å². The lowest BCUT2D eigenvalue weighted by atomic mass is 9.85. The normalized spacial score (nSPS) is 32.6. The van der Waals surface area contributed by atoms with E-state index in [1.807, 2.05) is 0 Å². The molecule has 0 heterocycles. The molecule has 0 atom stereocenters. The monoisotopic (exact) mass is 444 g/mol. The number of carbonyl (C=O) groups is 1. The van der Waals surface area contributed by atoms with E-state index < -0.39 is 0 Å². The van der Waals surface area contributed by atoms with Crippen molar-refractivity contribution in [3.8, 4) is 11.8 Å². The predicted molar refractivity (Wildman–Crippen MR) is 126 cm³/mol. The van der Waals surface area contributed by atoms with Gasteiger partial charge in [-0.15, -0.1) is 0 Å². The van der Waals surface area contributed by atoms with E-state index in [9.17, 15) is 4.79 Å². The Morgan fingerprint density at radius 2 is 1.06 bits per heavy atom. The Kier molecular flexibility index (Phi) is 9.78. The number of carbonyl (C=O) groups excluding carboxylic acids is 1. The molecule has 0 aromatic rings. The first-order chi connectivity index (χ1) is 15.8. The molecule has 4 saturated carbocycles. The quantitative estimate of drug-likeness (QED) is 0.264. The topological polar surface area (TPSA) is 44.8 Å². The van der Waals surface area contributed by atoms with E-state index in [1.165, 1.54) is 64.2 Å². The maximum atomic E-state index is 12.5. The first-order valence-corrected chi connectivity index (χ1v) is 13.7. The van der Waals surface area contributed by atoms with E-state index in [2.05, 4.69) is 11.8 Å². The van der Waals surface area contributed by atoms with Gasteiger partial charge < -0.3 is 14.2 Å². The maximum Gasteiger partial charge on any atom is 0.309 e. The second-order valence-corrected chi connectivity index (χ2v) is 10.7. The molecule has 0 radical (unpaired) electrons. The van der Waals surface area contributed by atoms with Gasteiger partial charge in [0.25, 0.3) is 0 Å². The molecule has 4 aliphatic rings. The summed E-state index contributed by atoms with van der Waals surface area (Å²) in [6.07, 6.45) is 21.5. The van der Waals surface area contributed by atoms with Crippen LogP contribution >= 0.6 is 0 Å². The fourth-order valence-corrected chi connectivity index (χ4v) is 6.00. The standard InChI is InChI=1S/C28H44O4/c29-28(32-27-9-5-2-6-10-27)24-15-19-26(20-16-24)31-21-30-25-17-13-23(14-18-25)12-11-22-7-3-1-4-8-22/h22-27H,1-10,13-21H2. The second-order valence-electron chi connectivity index (χ2n) is 10.7. The highest BCUT2D eigenvalue weighted by molar-refractivity contribution is 5.72. The summed E-state index contributed by atoms with van der Waals surface area (Å²) in [5.74, 6) is 8.50. The van der Waals surface area contributed by atoms with Crippen molar-refractivity contribution in [1.82, 2.24) is 0 Å². The van der Waals surface area contributed by atoms with E-state index in [0.717, 1.165) is 51.4 Å². The van der Waals surface area contributed by atoms with Gasteiger partial charge in [0, 0.05) is 11.8 Å². The van der Waals surface area contributed by atoms with Crippen molar-refractivity contribution in [2.45, 2.75) is 134 Å². The Morgan fingerprint density at radius 3 is 1.66 bits per heavy atom. The number of hydrogen-bond donors (Lipinski definition) is 0. The average molecular weight is 445 g/mol. The molecule has 0 saturated heterocycles. The molecule has 180 valence electrons. The Labute approximate surface area is 195 Å². The Balaban J connectivity index is 1.05. The van der Waals surface area contributed by atoms with Gasteiger partial charge in [0.1, 0.15) is 12.9 Å². The zero-order valence-corrected chi connectivity index (χ0v) is 20.0. The summed E-state index contributed by atoms with van der Waals surface area (Å²) in [5, 5.41) is 0. The molecule has 0 aromatic heterocycles. The van der Waals surface area contributed by atoms with Crippen molar-refractivity contribution in [1.29, 1.82) is 0 Å². The molecule has 0 aliphatic heterocycles. The highest BCUT2D eigenvalue weighted by atomic mass is 16.7. The lowest BCUT2D eigenvalue weighted by Gasteiger charge is -2.30. The summed E-state index contributed by atoms with van der Waals surface area (Å²) in [4.78, 5) is 12.5. The van der Waals surface area contributed by atoms with Crippen LogP contribution in [0, 0.1) is 29.6 Å². The van der Waals surface area contributed by atoms with Crippen molar-refractivity contribution < 1.29 is 19.0 Å². The summed E-state index contributed by atoms with van der Waals surface area (Å²) in [6.45, 7) is 0.394. The average Bonchev–Trinajstić information content (AvgIpc) is 2.85. The Hall–Kier alpha value is -1.05. The van der Waals surface area contributed by atoms with Crippen molar-refractivity contribution in [3.63, 3.8) is 0 Å². The molecule has 0 unspecified atom stereocenters. The molecule has 4 rings (SSSR count). The Bertz CT molecular complexity index is 607. The summed E-state index contributed by atoms with van der Waals surface area (Å²) >= 11 is 0. The first-order valence-electron chi connectivity index (χ1n) is 13.7. The van der Waals surface area contributed by atoms with E-state index >= 15 is 0 Å². The largest absolute Gasteiger partial charge is 0.462 e. The van der Waals surface area contributed by atoms with Crippen LogP contribution in [0.25, 0.3) is 0 Å². The summed E-state index contributed by atoms with van der Waals surface area (Å²) in [6, 6.07) is 0. The van der Waals surface area contributed by atoms with Crippen LogP contribution in [0.5, 0.6) is 0 Å². The summed E-state index contributed by atoms with van der Waals surface area (Å²) < 4.78 is 17.8. The van der Waals surface area contributed by atoms with Crippen molar-refractivity contribution in [3.05, 3.63) is 0 Å². The van der Waals surface area contributed by atoms with Gasteiger partial charge >= 0.3 is 5.97 Å². The first kappa shape index (κ1) is 24.1. The molecule has 0 N–H and O–H groups in total. The third-order valence-electron chi connectivity index (χ3n) is 8.22. The molecule has 0 spiro atoms. The summed E-state index contributed by atoms with van der Waals surface area (Å²) in [5.41, 5.74) is 0. The lowest BCUT2D eigenvalue weighted by molar-refractivity contribution is -0.160. The zero-order valence-electron chi connectivity index (χ0n) is 20.0. The van der Waals surface area contributed by atoms with Crippen LogP contribution in [-0.2, 0) is 19.0 Å². The van der Waals surface area contributed by atoms with Crippen LogP contribution in [-0.4, -0.2) is 31.1 Å². The fraction of sp³-hybridized carbons (Fsp3) is 0.893. The molecule has 32 heavy (non-hydrogen) atoms. The highest BCUT2D eigenvalue weighted by Gasteiger charge is 2.30. The highest BCUT2D eigenvalue weighted by Crippen LogP contribution is 2.30. The predicted octanol–water partition coefficient (Wildman–Crippen LogP) is 6.55. The number of rotatable bonds is 6. The van der Waals surface area contributed by atoms with Crippen LogP contribution in [0.4, 0.5) is 0 Å². The fourth-order valence-electron chi connectivity index (χ4n) is 6.00. The molecule has 4 aliphatic carbocycles. The van der Waals surface area contributed by atoms with Gasteiger partial charge in [-0.05, 0) is 89.9 Å². The molecule has 4 fully saturated rings. The maximum absolute atomic E-state index is 12.5. The third-order valence-corrected chi connectivity index (χ3v) is 8.22. The van der Waals surface area contributed by atoms with Gasteiger partial charge in [-0.25, -0.2) is 0 Å². The van der Waals surface area contributed by atoms with Gasteiger partial charge in [-0.3, -0.25) is 4.79 Å². The minimum absolute atomic E-state index is 0.0370. The minimum atomic E-state index is 0.0370. The summed E-state index contributed by atoms with van der Waals surface area (Å²) in [7, 11) is 0. The van der Waals surface area contributed by atoms with Crippen molar-refractivity contribution in [2.24, 2.45) is 17.8 Å². The van der Waals surface area contributed by atoms with Gasteiger partial charge in [0.2, 0.25) is 0 Å². The van der Waals surface area contributed by atoms with Crippen molar-refractivity contribution >= 4 is 5.97 Å². The SMILES string of the molecule is O=C(OC1CCCCC1)C1CCC(OCOC2CCC(C#CC3CCCCC3)CC2)CC1. The molecule has 4 nitrogen and oxygen atoms in total. The van der Waals surface area contributed by atoms with Gasteiger partial charge in [-0.2, -0.15) is 0 Å². The molecule has 4 heteroatoms. The second kappa shape index (κ2) is 13.0. The lowest BCUT2D eigenvalue weighted by Crippen LogP contribution is -2.31. The zero-order chi connectivity index (χ0) is 22.0. The van der Waals surface area contributed by atoms with E-state index in [0.29, 0.717) is 24.7 Å². The van der Waals surface area contributed by atoms with Gasteiger partial charge in [0.05, 0.1) is 18.1 Å². The van der Waals surface area contributed by atoms with Crippen LogP contribution in [0.15, 0.2) is 0 Å². The van der Waals surface area contributed by atoms with Crippen LogP contribution < -0.4 is 0 Å². The molecular weight excluding hydrogens is 400 g/mol. The van der Waals surface area contributed by atoms with E-state index in [1.54, 1.807) is 0 Å². The van der Waals surface area contributed by atoms with E-state index in [-0.39, 0.29) is 24.1 Å². The molecule has 0 aromatic carbocycles. The molecule has 0 bridgehead atoms. The van der Waals surface area contributed by atoms with Gasteiger partial charge in [-0.1, -0.05) is 37.5 Å². The molecular formula is C28H44O4.